The second-order valence-electron chi connectivity index (χ2n) is 3.49. The maximum atomic E-state index is 9.47. The third-order valence-corrected chi connectivity index (χ3v) is 5.25. The van der Waals surface area contributed by atoms with Crippen LogP contribution in [0.1, 0.15) is 0 Å². The Morgan fingerprint density at radius 3 is 2.43 bits per heavy atom. The molecule has 5 nitrogen and oxygen atoms in total. The quantitative estimate of drug-likeness (QED) is 0.329. The first-order valence-electron chi connectivity index (χ1n) is 4.52. The predicted octanol–water partition coefficient (Wildman–Crippen LogP) is -2.95. The monoisotopic (exact) mass is 225 g/mol. The van der Waals surface area contributed by atoms with Gasteiger partial charge in [-0.05, 0) is 0 Å². The van der Waals surface area contributed by atoms with Crippen LogP contribution in [0.15, 0.2) is 0 Å². The fourth-order valence-electron chi connectivity index (χ4n) is 1.59. The lowest BCUT2D eigenvalue weighted by molar-refractivity contribution is 0.0325. The maximum absolute atomic E-state index is 9.47. The number of rotatable bonds is 4. The number of aliphatic hydroxyl groups is 5. The molecule has 0 aliphatic carbocycles. The molecule has 14 heavy (non-hydrogen) atoms. The Kier molecular flexibility index (Phi) is 4.62. The average molecular weight is 225 g/mol. The summed E-state index contributed by atoms with van der Waals surface area (Å²) in [7, 11) is -0.415. The Labute approximate surface area is 85.4 Å². The van der Waals surface area contributed by atoms with E-state index in [0.29, 0.717) is 11.5 Å². The Balaban J connectivity index is 2.52. The first-order chi connectivity index (χ1) is 6.60. The fraction of sp³-hybridized carbons (Fsp3) is 1.00. The van der Waals surface area contributed by atoms with Crippen molar-refractivity contribution in [2.75, 3.05) is 24.7 Å². The van der Waals surface area contributed by atoms with Crippen LogP contribution in [-0.2, 0) is 10.9 Å². The zero-order valence-corrected chi connectivity index (χ0v) is 8.60. The molecule has 0 aromatic rings. The van der Waals surface area contributed by atoms with Crippen molar-refractivity contribution in [3.63, 3.8) is 0 Å². The average Bonchev–Trinajstić information content (AvgIpc) is 2.42. The minimum Gasteiger partial charge on any atom is -0.393 e. The van der Waals surface area contributed by atoms with Crippen LogP contribution in [0.2, 0.25) is 0 Å². The van der Waals surface area contributed by atoms with Crippen LogP contribution in [0.3, 0.4) is 0 Å². The minimum absolute atomic E-state index is 0.195. The summed E-state index contributed by atoms with van der Waals surface area (Å²) >= 11 is 0. The Morgan fingerprint density at radius 1 is 1.29 bits per heavy atom. The van der Waals surface area contributed by atoms with Crippen LogP contribution in [0.4, 0.5) is 0 Å². The van der Waals surface area contributed by atoms with E-state index in [9.17, 15) is 15.3 Å². The number of aliphatic hydroxyl groups excluding tert-OH is 5. The van der Waals surface area contributed by atoms with Gasteiger partial charge in [-0.15, -0.1) is 0 Å². The van der Waals surface area contributed by atoms with Gasteiger partial charge in [0.05, 0.1) is 13.2 Å². The molecule has 1 unspecified atom stereocenters. The highest BCUT2D eigenvalue weighted by atomic mass is 32.2. The molecule has 5 atom stereocenters. The molecule has 1 aliphatic rings. The van der Waals surface area contributed by atoms with Crippen LogP contribution < -0.4 is 0 Å². The first-order valence-corrected chi connectivity index (χ1v) is 6.15. The van der Waals surface area contributed by atoms with Gasteiger partial charge in [0.25, 0.3) is 0 Å². The molecule has 0 saturated carbocycles. The van der Waals surface area contributed by atoms with Gasteiger partial charge in [0.1, 0.15) is 29.8 Å². The van der Waals surface area contributed by atoms with E-state index in [1.54, 1.807) is 0 Å². The third-order valence-electron chi connectivity index (χ3n) is 2.39. The molecular weight excluding hydrogens is 208 g/mol. The summed E-state index contributed by atoms with van der Waals surface area (Å²) in [5.74, 6) is 0.722. The molecule has 0 spiro atoms. The minimum atomic E-state index is -0.908. The lowest BCUT2D eigenvalue weighted by Gasteiger charge is -2.13. The van der Waals surface area contributed by atoms with Gasteiger partial charge in [-0.2, -0.15) is 0 Å². The van der Waals surface area contributed by atoms with Gasteiger partial charge in [0.15, 0.2) is 5.25 Å². The lowest BCUT2D eigenvalue weighted by Crippen LogP contribution is -2.37. The van der Waals surface area contributed by atoms with E-state index in [1.807, 2.05) is 0 Å². The second kappa shape index (κ2) is 5.29. The van der Waals surface area contributed by atoms with E-state index < -0.39 is 29.2 Å². The van der Waals surface area contributed by atoms with Gasteiger partial charge in [-0.1, -0.05) is 0 Å². The summed E-state index contributed by atoms with van der Waals surface area (Å²) < 4.78 is 0. The van der Waals surface area contributed by atoms with Gasteiger partial charge in [0.2, 0.25) is 0 Å². The number of hydrogen-bond donors (Lipinski definition) is 5. The standard InChI is InChI=1S/C8H17O5S/c9-1-5(11)3-14-4-6(12)8(13)7(14)2-10/h5-13H,1-4H2/q+1/t5-,6-,7-,8+,14?/m1/s1. The van der Waals surface area contributed by atoms with E-state index in [-0.39, 0.29) is 18.5 Å². The van der Waals surface area contributed by atoms with E-state index in [4.69, 9.17) is 10.2 Å². The first kappa shape index (κ1) is 12.2. The van der Waals surface area contributed by atoms with Crippen molar-refractivity contribution >= 4 is 10.9 Å². The Bertz CT molecular complexity index is 179. The largest absolute Gasteiger partial charge is 0.393 e. The van der Waals surface area contributed by atoms with E-state index in [0.717, 1.165) is 0 Å². The van der Waals surface area contributed by atoms with Crippen LogP contribution >= 0.6 is 0 Å². The van der Waals surface area contributed by atoms with Gasteiger partial charge in [-0.3, -0.25) is 0 Å². The van der Waals surface area contributed by atoms with Gasteiger partial charge in [-0.25, -0.2) is 0 Å². The molecule has 1 rings (SSSR count). The number of hydrogen-bond acceptors (Lipinski definition) is 5. The smallest absolute Gasteiger partial charge is 0.169 e. The zero-order valence-electron chi connectivity index (χ0n) is 7.78. The van der Waals surface area contributed by atoms with Crippen molar-refractivity contribution < 1.29 is 25.5 Å². The highest BCUT2D eigenvalue weighted by Crippen LogP contribution is 2.24. The normalized spacial score (nSPS) is 40.1. The highest BCUT2D eigenvalue weighted by Gasteiger charge is 2.49. The molecule has 1 saturated heterocycles. The molecule has 0 bridgehead atoms. The van der Waals surface area contributed by atoms with Crippen molar-refractivity contribution in [1.82, 2.24) is 0 Å². The summed E-state index contributed by atoms with van der Waals surface area (Å²) in [6.45, 7) is -0.521. The fourth-order valence-corrected chi connectivity index (χ4v) is 4.24. The predicted molar refractivity (Wildman–Crippen MR) is 53.1 cm³/mol. The topological polar surface area (TPSA) is 101 Å². The third kappa shape index (κ3) is 2.59. The zero-order chi connectivity index (χ0) is 10.7. The maximum Gasteiger partial charge on any atom is 0.169 e. The van der Waals surface area contributed by atoms with Crippen molar-refractivity contribution in [1.29, 1.82) is 0 Å². The highest BCUT2D eigenvalue weighted by molar-refractivity contribution is 7.97. The molecule has 0 aromatic carbocycles. The summed E-state index contributed by atoms with van der Waals surface area (Å²) in [6.07, 6.45) is -2.56. The van der Waals surface area contributed by atoms with E-state index >= 15 is 0 Å². The molecule has 0 amide bonds. The van der Waals surface area contributed by atoms with Gasteiger partial charge >= 0.3 is 0 Å². The van der Waals surface area contributed by atoms with Crippen LogP contribution in [0.5, 0.6) is 0 Å². The molecule has 84 valence electrons. The van der Waals surface area contributed by atoms with Gasteiger partial charge in [0, 0.05) is 10.9 Å². The SMILES string of the molecule is OC[C@@H](O)C[S+]1C[C@@H](O)[C@H](O)[C@H]1CO. The summed E-state index contributed by atoms with van der Waals surface area (Å²) in [5, 5.41) is 45.3. The van der Waals surface area contributed by atoms with Crippen molar-refractivity contribution in [3.05, 3.63) is 0 Å². The van der Waals surface area contributed by atoms with Crippen molar-refractivity contribution in [2.45, 2.75) is 23.6 Å². The molecule has 0 radical (unpaired) electrons. The second-order valence-corrected chi connectivity index (χ2v) is 5.83. The summed E-state index contributed by atoms with van der Waals surface area (Å²) in [4.78, 5) is 0. The van der Waals surface area contributed by atoms with Gasteiger partial charge < -0.3 is 25.5 Å². The van der Waals surface area contributed by atoms with E-state index in [2.05, 4.69) is 0 Å². The molecule has 5 N–H and O–H groups in total. The Hall–Kier alpha value is 0.150. The Morgan fingerprint density at radius 2 is 1.93 bits per heavy atom. The molecule has 6 heteroatoms. The molecule has 0 aromatic heterocycles. The van der Waals surface area contributed by atoms with Crippen molar-refractivity contribution in [2.24, 2.45) is 0 Å². The summed E-state index contributed by atoms with van der Waals surface area (Å²) in [6, 6.07) is 0. The molecule has 1 aliphatic heterocycles. The van der Waals surface area contributed by atoms with Crippen LogP contribution in [0.25, 0.3) is 0 Å². The van der Waals surface area contributed by atoms with E-state index in [1.165, 1.54) is 0 Å². The molecule has 1 heterocycles. The lowest BCUT2D eigenvalue weighted by atomic mass is 10.2. The molecule has 1 fully saturated rings. The van der Waals surface area contributed by atoms with Crippen LogP contribution in [-0.4, -0.2) is 73.8 Å². The molecular formula is C8H17O5S+. The van der Waals surface area contributed by atoms with Crippen LogP contribution in [0, 0.1) is 0 Å². The summed E-state index contributed by atoms with van der Waals surface area (Å²) in [5.41, 5.74) is 0. The van der Waals surface area contributed by atoms with Crippen molar-refractivity contribution in [3.8, 4) is 0 Å².